The van der Waals surface area contributed by atoms with Gasteiger partial charge in [0.25, 0.3) is 0 Å². The third kappa shape index (κ3) is 2.41. The average molecular weight is 239 g/mol. The van der Waals surface area contributed by atoms with E-state index in [1.165, 1.54) is 12.8 Å². The summed E-state index contributed by atoms with van der Waals surface area (Å²) >= 11 is 0. The van der Waals surface area contributed by atoms with Crippen LogP contribution in [0.25, 0.3) is 17.1 Å². The predicted octanol–water partition coefficient (Wildman–Crippen LogP) is 2.78. The number of aromatic nitrogens is 2. The van der Waals surface area contributed by atoms with Gasteiger partial charge in [0.2, 0.25) is 0 Å². The Morgan fingerprint density at radius 2 is 2.22 bits per heavy atom. The summed E-state index contributed by atoms with van der Waals surface area (Å²) in [5.41, 5.74) is 1.79. The lowest BCUT2D eigenvalue weighted by atomic mass is 10.2. The van der Waals surface area contributed by atoms with E-state index in [1.54, 1.807) is 6.20 Å². The van der Waals surface area contributed by atoms with Crippen molar-refractivity contribution in [1.82, 2.24) is 15.3 Å². The van der Waals surface area contributed by atoms with Gasteiger partial charge in [-0.05, 0) is 50.1 Å². The van der Waals surface area contributed by atoms with Crippen LogP contribution in [0.1, 0.15) is 25.5 Å². The minimum atomic E-state index is 0.487. The second-order valence-corrected chi connectivity index (χ2v) is 4.90. The Bertz CT molecular complexity index is 577. The number of nitrogens with one attached hydrogen (secondary N) is 1. The van der Waals surface area contributed by atoms with Gasteiger partial charge < -0.3 is 5.32 Å². The van der Waals surface area contributed by atoms with Crippen molar-refractivity contribution in [2.24, 2.45) is 0 Å². The van der Waals surface area contributed by atoms with Crippen LogP contribution in [-0.4, -0.2) is 22.1 Å². The van der Waals surface area contributed by atoms with Crippen LogP contribution in [-0.2, 0) is 0 Å². The van der Waals surface area contributed by atoms with Crippen LogP contribution in [0.4, 0.5) is 0 Å². The first-order chi connectivity index (χ1) is 8.81. The monoisotopic (exact) mass is 239 g/mol. The minimum absolute atomic E-state index is 0.487. The lowest BCUT2D eigenvalue weighted by Crippen LogP contribution is -2.24. The highest BCUT2D eigenvalue weighted by molar-refractivity contribution is 5.75. The highest BCUT2D eigenvalue weighted by Gasteiger charge is 2.16. The molecule has 0 radical (unpaired) electrons. The molecule has 3 nitrogen and oxygen atoms in total. The molecule has 1 aliphatic heterocycles. The molecular weight excluding hydrogens is 222 g/mol. The molecule has 1 unspecified atom stereocenters. The number of rotatable bonds is 2. The number of hydrogen-bond donors (Lipinski definition) is 1. The molecule has 0 spiro atoms. The van der Waals surface area contributed by atoms with Crippen molar-refractivity contribution < 1.29 is 0 Å². The van der Waals surface area contributed by atoms with Gasteiger partial charge in [-0.2, -0.15) is 0 Å². The first kappa shape index (κ1) is 11.4. The van der Waals surface area contributed by atoms with E-state index in [-0.39, 0.29) is 0 Å². The SMILES string of the molecule is CC1CC[C@@H](/C=C/c2ccc3cccnc3n2)N1. The van der Waals surface area contributed by atoms with Crippen molar-refractivity contribution >= 4 is 17.1 Å². The average Bonchev–Trinajstić information content (AvgIpc) is 2.82. The lowest BCUT2D eigenvalue weighted by Gasteiger charge is -2.05. The highest BCUT2D eigenvalue weighted by atomic mass is 15.0. The van der Waals surface area contributed by atoms with Gasteiger partial charge in [0, 0.05) is 23.7 Å². The van der Waals surface area contributed by atoms with Gasteiger partial charge in [0.05, 0.1) is 5.69 Å². The molecule has 1 aliphatic rings. The Morgan fingerprint density at radius 1 is 1.28 bits per heavy atom. The van der Waals surface area contributed by atoms with E-state index in [2.05, 4.69) is 40.4 Å². The van der Waals surface area contributed by atoms with Crippen molar-refractivity contribution in [1.29, 1.82) is 0 Å². The van der Waals surface area contributed by atoms with Crippen LogP contribution in [0.2, 0.25) is 0 Å². The fourth-order valence-electron chi connectivity index (χ4n) is 2.39. The summed E-state index contributed by atoms with van der Waals surface area (Å²) < 4.78 is 0. The van der Waals surface area contributed by atoms with Gasteiger partial charge in [-0.25, -0.2) is 9.97 Å². The summed E-state index contributed by atoms with van der Waals surface area (Å²) in [6.07, 6.45) is 8.54. The molecule has 0 bridgehead atoms. The largest absolute Gasteiger partial charge is 0.308 e. The summed E-state index contributed by atoms with van der Waals surface area (Å²) in [7, 11) is 0. The molecule has 0 aromatic carbocycles. The van der Waals surface area contributed by atoms with Crippen molar-refractivity contribution in [3.8, 4) is 0 Å². The first-order valence-corrected chi connectivity index (χ1v) is 6.47. The molecule has 18 heavy (non-hydrogen) atoms. The fraction of sp³-hybridized carbons (Fsp3) is 0.333. The van der Waals surface area contributed by atoms with Crippen molar-refractivity contribution in [3.63, 3.8) is 0 Å². The maximum Gasteiger partial charge on any atom is 0.159 e. The topological polar surface area (TPSA) is 37.8 Å². The Labute approximate surface area is 107 Å². The molecule has 0 saturated carbocycles. The zero-order chi connectivity index (χ0) is 12.4. The predicted molar refractivity (Wildman–Crippen MR) is 74.2 cm³/mol. The smallest absolute Gasteiger partial charge is 0.159 e. The third-order valence-corrected chi connectivity index (χ3v) is 3.39. The van der Waals surface area contributed by atoms with Crippen LogP contribution in [0, 0.1) is 0 Å². The van der Waals surface area contributed by atoms with E-state index in [0.29, 0.717) is 12.1 Å². The lowest BCUT2D eigenvalue weighted by molar-refractivity contribution is 0.628. The van der Waals surface area contributed by atoms with Crippen LogP contribution < -0.4 is 5.32 Å². The summed E-state index contributed by atoms with van der Waals surface area (Å²) in [6.45, 7) is 2.23. The molecule has 1 N–H and O–H groups in total. The van der Waals surface area contributed by atoms with Crippen LogP contribution >= 0.6 is 0 Å². The van der Waals surface area contributed by atoms with Crippen LogP contribution in [0.15, 0.2) is 36.5 Å². The van der Waals surface area contributed by atoms with Crippen molar-refractivity contribution in [3.05, 3.63) is 42.2 Å². The van der Waals surface area contributed by atoms with Gasteiger partial charge in [0.15, 0.2) is 5.65 Å². The van der Waals surface area contributed by atoms with Gasteiger partial charge >= 0.3 is 0 Å². The number of pyridine rings is 2. The Kier molecular flexibility index (Phi) is 3.07. The maximum absolute atomic E-state index is 4.53. The van der Waals surface area contributed by atoms with Crippen molar-refractivity contribution in [2.75, 3.05) is 0 Å². The molecule has 1 fully saturated rings. The molecule has 92 valence electrons. The molecule has 2 aromatic rings. The third-order valence-electron chi connectivity index (χ3n) is 3.39. The highest BCUT2D eigenvalue weighted by Crippen LogP contribution is 2.15. The quantitative estimate of drug-likeness (QED) is 0.875. The minimum Gasteiger partial charge on any atom is -0.308 e. The van der Waals surface area contributed by atoms with E-state index < -0.39 is 0 Å². The molecule has 2 aromatic heterocycles. The van der Waals surface area contributed by atoms with E-state index in [0.717, 1.165) is 16.7 Å². The summed E-state index contributed by atoms with van der Waals surface area (Å²) in [4.78, 5) is 8.80. The maximum atomic E-state index is 4.53. The Morgan fingerprint density at radius 3 is 3.06 bits per heavy atom. The zero-order valence-corrected chi connectivity index (χ0v) is 10.5. The van der Waals surface area contributed by atoms with E-state index in [1.807, 2.05) is 18.2 Å². The summed E-state index contributed by atoms with van der Waals surface area (Å²) in [5, 5.41) is 4.62. The second-order valence-electron chi connectivity index (χ2n) is 4.90. The van der Waals surface area contributed by atoms with Gasteiger partial charge in [0.1, 0.15) is 0 Å². The summed E-state index contributed by atoms with van der Waals surface area (Å²) in [5.74, 6) is 0. The van der Waals surface area contributed by atoms with E-state index in [4.69, 9.17) is 0 Å². The normalized spacial score (nSPS) is 24.1. The Balaban J connectivity index is 1.80. The standard InChI is InChI=1S/C15H17N3/c1-11-4-6-13(17-11)8-9-14-7-5-12-3-2-10-16-15(12)18-14/h2-3,5,7-11,13,17H,4,6H2,1H3/b9-8+/t11?,13-/m0/s1. The molecule has 1 saturated heterocycles. The second kappa shape index (κ2) is 4.86. The number of nitrogens with zero attached hydrogens (tertiary/aromatic N) is 2. The molecular formula is C15H17N3. The fourth-order valence-corrected chi connectivity index (χ4v) is 2.39. The number of hydrogen-bond acceptors (Lipinski definition) is 3. The zero-order valence-electron chi connectivity index (χ0n) is 10.5. The molecule has 3 rings (SSSR count). The molecule has 0 aliphatic carbocycles. The molecule has 3 heterocycles. The number of fused-ring (bicyclic) bond motifs is 1. The Hall–Kier alpha value is -1.74. The van der Waals surface area contributed by atoms with Crippen LogP contribution in [0.3, 0.4) is 0 Å². The van der Waals surface area contributed by atoms with Gasteiger partial charge in [-0.15, -0.1) is 0 Å². The van der Waals surface area contributed by atoms with E-state index >= 15 is 0 Å². The van der Waals surface area contributed by atoms with E-state index in [9.17, 15) is 0 Å². The first-order valence-electron chi connectivity index (χ1n) is 6.47. The molecule has 0 amide bonds. The van der Waals surface area contributed by atoms with Crippen LogP contribution in [0.5, 0.6) is 0 Å². The van der Waals surface area contributed by atoms with Crippen molar-refractivity contribution in [2.45, 2.75) is 31.8 Å². The molecule has 3 heteroatoms. The van der Waals surface area contributed by atoms with Gasteiger partial charge in [-0.1, -0.05) is 6.08 Å². The summed E-state index contributed by atoms with van der Waals surface area (Å²) in [6, 6.07) is 9.19. The molecule has 2 atom stereocenters. The van der Waals surface area contributed by atoms with Gasteiger partial charge in [-0.3, -0.25) is 0 Å².